The fourth-order valence-electron chi connectivity index (χ4n) is 4.27. The highest BCUT2D eigenvalue weighted by molar-refractivity contribution is 6.36. The van der Waals surface area contributed by atoms with Crippen molar-refractivity contribution in [3.8, 4) is 11.3 Å². The first kappa shape index (κ1) is 29.4. The van der Waals surface area contributed by atoms with Crippen LogP contribution in [0.5, 0.6) is 0 Å². The SMILES string of the molecule is Cc1nn(Cc2c(Cl)cccc2Cl)c(C)c1NC(=O)c1cc2nc(-c3ccc(F)cc3)cc(C(F)(F)C(F)(F)F)n2n1. The molecule has 0 unspecified atom stereocenters. The van der Waals surface area contributed by atoms with Gasteiger partial charge in [-0.15, -0.1) is 0 Å². The van der Waals surface area contributed by atoms with Crippen molar-refractivity contribution < 1.29 is 31.1 Å². The number of hydrogen-bond donors (Lipinski definition) is 1. The highest BCUT2D eigenvalue weighted by Crippen LogP contribution is 2.44. The van der Waals surface area contributed by atoms with Crippen LogP contribution in [0.15, 0.2) is 54.6 Å². The molecule has 3 aromatic heterocycles. The summed E-state index contributed by atoms with van der Waals surface area (Å²) in [6.07, 6.45) is -5.98. The van der Waals surface area contributed by atoms with Crippen LogP contribution in [0, 0.1) is 19.7 Å². The van der Waals surface area contributed by atoms with Crippen LogP contribution in [0.25, 0.3) is 16.9 Å². The molecule has 7 nitrogen and oxygen atoms in total. The summed E-state index contributed by atoms with van der Waals surface area (Å²) >= 11 is 12.5. The van der Waals surface area contributed by atoms with Gasteiger partial charge in [-0.05, 0) is 56.3 Å². The van der Waals surface area contributed by atoms with E-state index in [-0.39, 0.29) is 28.0 Å². The van der Waals surface area contributed by atoms with Gasteiger partial charge in [0.05, 0.1) is 29.3 Å². The molecule has 2 aromatic carbocycles. The number of anilines is 1. The normalized spacial score (nSPS) is 12.2. The molecule has 0 fully saturated rings. The number of hydrogen-bond acceptors (Lipinski definition) is 4. The third kappa shape index (κ3) is 5.29. The summed E-state index contributed by atoms with van der Waals surface area (Å²) < 4.78 is 84.7. The number of carbonyl (C=O) groups excluding carboxylic acids is 1. The molecule has 0 aliphatic rings. The lowest BCUT2D eigenvalue weighted by molar-refractivity contribution is -0.291. The summed E-state index contributed by atoms with van der Waals surface area (Å²) in [7, 11) is 0. The van der Waals surface area contributed by atoms with Gasteiger partial charge >= 0.3 is 12.1 Å². The van der Waals surface area contributed by atoms with E-state index in [4.69, 9.17) is 23.2 Å². The molecule has 5 rings (SSSR count). The molecule has 0 radical (unpaired) electrons. The van der Waals surface area contributed by atoms with Crippen LogP contribution in [0.1, 0.15) is 33.1 Å². The predicted octanol–water partition coefficient (Wildman–Crippen LogP) is 7.61. The topological polar surface area (TPSA) is 77.1 Å². The van der Waals surface area contributed by atoms with E-state index in [1.807, 2.05) is 0 Å². The van der Waals surface area contributed by atoms with Crippen LogP contribution in [-0.4, -0.2) is 36.5 Å². The summed E-state index contributed by atoms with van der Waals surface area (Å²) in [4.78, 5) is 17.3. The van der Waals surface area contributed by atoms with E-state index in [2.05, 4.69) is 20.5 Å². The number of benzene rings is 2. The molecule has 1 amide bonds. The van der Waals surface area contributed by atoms with Gasteiger partial charge < -0.3 is 5.32 Å². The molecular weight excluding hydrogens is 609 g/mol. The third-order valence-corrected chi connectivity index (χ3v) is 7.18. The van der Waals surface area contributed by atoms with Crippen molar-refractivity contribution >= 4 is 40.4 Å². The molecule has 5 aromatic rings. The zero-order valence-corrected chi connectivity index (χ0v) is 23.1. The standard InChI is InChI=1S/C27H18Cl2F6N6O/c1-13-24(14(2)40(38-13)12-17-18(28)4-3-5-19(17)29)37-25(42)21-11-23-36-20(15-6-8-16(30)9-7-15)10-22(41(23)39-21)26(31,32)27(33,34)35/h3-11H,12H2,1-2H3,(H,37,42). The first-order valence-corrected chi connectivity index (χ1v) is 12.8. The molecule has 218 valence electrons. The highest BCUT2D eigenvalue weighted by atomic mass is 35.5. The maximum absolute atomic E-state index is 14.7. The van der Waals surface area contributed by atoms with E-state index in [9.17, 15) is 31.1 Å². The Morgan fingerprint density at radius 3 is 2.21 bits per heavy atom. The van der Waals surface area contributed by atoms with Gasteiger partial charge in [0.25, 0.3) is 5.91 Å². The number of alkyl halides is 5. The van der Waals surface area contributed by atoms with Crippen LogP contribution < -0.4 is 5.32 Å². The van der Waals surface area contributed by atoms with Gasteiger partial charge in [-0.25, -0.2) is 13.9 Å². The number of fused-ring (bicyclic) bond motifs is 1. The Morgan fingerprint density at radius 2 is 1.60 bits per heavy atom. The lowest BCUT2D eigenvalue weighted by atomic mass is 10.1. The predicted molar refractivity (Wildman–Crippen MR) is 144 cm³/mol. The van der Waals surface area contributed by atoms with Crippen LogP contribution in [-0.2, 0) is 12.5 Å². The maximum Gasteiger partial charge on any atom is 0.459 e. The van der Waals surface area contributed by atoms with Gasteiger partial charge in [0.2, 0.25) is 0 Å². The smallest absolute Gasteiger partial charge is 0.317 e. The van der Waals surface area contributed by atoms with Gasteiger partial charge in [0.15, 0.2) is 11.3 Å². The Morgan fingerprint density at radius 1 is 0.952 bits per heavy atom. The molecule has 0 spiro atoms. The number of amides is 1. The second kappa shape index (κ2) is 10.6. The average Bonchev–Trinajstić information content (AvgIpc) is 3.46. The van der Waals surface area contributed by atoms with Gasteiger partial charge in [-0.1, -0.05) is 29.3 Å². The summed E-state index contributed by atoms with van der Waals surface area (Å²) in [6, 6.07) is 10.8. The van der Waals surface area contributed by atoms with E-state index in [1.165, 1.54) is 12.1 Å². The summed E-state index contributed by atoms with van der Waals surface area (Å²) in [5.74, 6) is -6.92. The summed E-state index contributed by atoms with van der Waals surface area (Å²) in [5.41, 5.74) is -1.03. The van der Waals surface area contributed by atoms with Crippen molar-refractivity contribution in [2.24, 2.45) is 0 Å². The fraction of sp³-hybridized carbons (Fsp3) is 0.185. The molecule has 0 bridgehead atoms. The van der Waals surface area contributed by atoms with Crippen molar-refractivity contribution in [3.05, 3.63) is 98.8 Å². The first-order valence-electron chi connectivity index (χ1n) is 12.1. The molecule has 0 aliphatic carbocycles. The van der Waals surface area contributed by atoms with E-state index in [1.54, 1.807) is 36.7 Å². The number of aryl methyl sites for hydroxylation is 1. The van der Waals surface area contributed by atoms with E-state index >= 15 is 0 Å². The van der Waals surface area contributed by atoms with Crippen LogP contribution >= 0.6 is 23.2 Å². The molecule has 1 N–H and O–H groups in total. The van der Waals surface area contributed by atoms with Gasteiger partial charge in [0, 0.05) is 27.2 Å². The minimum absolute atomic E-state index is 0.0719. The average molecular weight is 627 g/mol. The van der Waals surface area contributed by atoms with Crippen LogP contribution in [0.4, 0.5) is 32.0 Å². The number of carbonyl (C=O) groups is 1. The first-order chi connectivity index (χ1) is 19.7. The Bertz CT molecular complexity index is 1810. The van der Waals surface area contributed by atoms with Crippen molar-refractivity contribution in [1.82, 2.24) is 24.4 Å². The number of nitrogens with one attached hydrogen (secondary N) is 1. The van der Waals surface area contributed by atoms with Crippen molar-refractivity contribution in [3.63, 3.8) is 0 Å². The molecular formula is C27H18Cl2F6N6O. The van der Waals surface area contributed by atoms with Crippen molar-refractivity contribution in [2.75, 3.05) is 5.32 Å². The zero-order chi connectivity index (χ0) is 30.6. The molecule has 42 heavy (non-hydrogen) atoms. The summed E-state index contributed by atoms with van der Waals surface area (Å²) in [6.45, 7) is 3.43. The zero-order valence-electron chi connectivity index (χ0n) is 21.6. The van der Waals surface area contributed by atoms with Crippen molar-refractivity contribution in [2.45, 2.75) is 32.5 Å². The van der Waals surface area contributed by atoms with Gasteiger partial charge in [-0.2, -0.15) is 32.1 Å². The van der Waals surface area contributed by atoms with Crippen LogP contribution in [0.2, 0.25) is 10.0 Å². The van der Waals surface area contributed by atoms with Gasteiger partial charge in [-0.3, -0.25) is 9.48 Å². The van der Waals surface area contributed by atoms with Crippen molar-refractivity contribution in [1.29, 1.82) is 0 Å². The Hall–Kier alpha value is -4.10. The lowest BCUT2D eigenvalue weighted by Crippen LogP contribution is -2.36. The van der Waals surface area contributed by atoms with Crippen LogP contribution in [0.3, 0.4) is 0 Å². The Labute approximate surface area is 243 Å². The largest absolute Gasteiger partial charge is 0.459 e. The van der Waals surface area contributed by atoms with Gasteiger partial charge in [0.1, 0.15) is 11.5 Å². The minimum atomic E-state index is -5.98. The maximum atomic E-state index is 14.7. The number of nitrogens with zero attached hydrogens (tertiary/aromatic N) is 5. The molecule has 0 saturated heterocycles. The lowest BCUT2D eigenvalue weighted by Gasteiger charge is -2.21. The number of halogens is 8. The Balaban J connectivity index is 1.53. The second-order valence-electron chi connectivity index (χ2n) is 9.26. The molecule has 15 heteroatoms. The minimum Gasteiger partial charge on any atom is -0.317 e. The van der Waals surface area contributed by atoms with E-state index in [0.717, 1.165) is 18.2 Å². The fourth-order valence-corrected chi connectivity index (χ4v) is 4.78. The molecule has 0 atom stereocenters. The molecule has 0 aliphatic heterocycles. The third-order valence-electron chi connectivity index (χ3n) is 6.47. The monoisotopic (exact) mass is 626 g/mol. The quantitative estimate of drug-likeness (QED) is 0.197. The number of rotatable bonds is 6. The van der Waals surface area contributed by atoms with E-state index < -0.39 is 40.9 Å². The second-order valence-corrected chi connectivity index (χ2v) is 10.1. The Kier molecular flexibility index (Phi) is 7.44. The number of aromatic nitrogens is 5. The molecule has 3 heterocycles. The summed E-state index contributed by atoms with van der Waals surface area (Å²) in [5, 5.41) is 11.5. The molecule has 0 saturated carbocycles. The van der Waals surface area contributed by atoms with E-state index in [0.29, 0.717) is 33.1 Å². The highest BCUT2D eigenvalue weighted by Gasteiger charge is 2.60.